The van der Waals surface area contributed by atoms with Crippen molar-refractivity contribution < 1.29 is 4.42 Å². The Bertz CT molecular complexity index is 3440. The predicted octanol–water partition coefficient (Wildman–Crippen LogP) is 15.0. The number of hydrogen-bond donors (Lipinski definition) is 0. The molecule has 1 spiro atoms. The summed E-state index contributed by atoms with van der Waals surface area (Å²) in [6.07, 6.45) is 0. The molecule has 0 fully saturated rings. The van der Waals surface area contributed by atoms with Gasteiger partial charge in [-0.1, -0.05) is 158 Å². The highest BCUT2D eigenvalue weighted by atomic mass is 16.3. The molecule has 3 nitrogen and oxygen atoms in total. The van der Waals surface area contributed by atoms with Crippen molar-refractivity contribution in [3.05, 3.63) is 241 Å². The number of rotatable bonds is 5. The molecule has 0 unspecified atom stereocenters. The van der Waals surface area contributed by atoms with Gasteiger partial charge in [-0.25, -0.2) is 0 Å². The van der Waals surface area contributed by atoms with E-state index in [1.807, 2.05) is 0 Å². The fourth-order valence-electron chi connectivity index (χ4n) is 10.6. The number of fused-ring (bicyclic) bond motifs is 15. The Kier molecular flexibility index (Phi) is 6.93. The summed E-state index contributed by atoms with van der Waals surface area (Å²) in [4.78, 5) is 2.45. The van der Waals surface area contributed by atoms with Crippen molar-refractivity contribution >= 4 is 49.8 Å². The Morgan fingerprint density at radius 1 is 0.417 bits per heavy atom. The summed E-state index contributed by atoms with van der Waals surface area (Å²) in [5.74, 6) is 0.931. The van der Waals surface area contributed by atoms with Crippen molar-refractivity contribution in [2.75, 3.05) is 4.90 Å². The molecule has 0 amide bonds. The zero-order chi connectivity index (χ0) is 39.4. The van der Waals surface area contributed by atoms with Crippen molar-refractivity contribution in [1.29, 1.82) is 0 Å². The third-order valence-corrected chi connectivity index (χ3v) is 13.0. The molecule has 2 aromatic heterocycles. The summed E-state index contributed by atoms with van der Waals surface area (Å²) in [6, 6.07) is 79.5. The van der Waals surface area contributed by atoms with Crippen molar-refractivity contribution in [3.63, 3.8) is 0 Å². The molecule has 0 saturated heterocycles. The molecule has 280 valence electrons. The van der Waals surface area contributed by atoms with Gasteiger partial charge in [0.25, 0.3) is 0 Å². The number of anilines is 3. The van der Waals surface area contributed by atoms with Gasteiger partial charge >= 0.3 is 0 Å². The van der Waals surface area contributed by atoms with Crippen LogP contribution >= 0.6 is 0 Å². The SMILES string of the molecule is c1ccc(-c2ccc(N(c3ccc4c(c3)c3ccccc3n4-c3ccccc3)c3cccc4c3-c3oc5ccccc5c3C43c4ccccc4-c4ccccc43)cc2)cc1. The van der Waals surface area contributed by atoms with Crippen molar-refractivity contribution in [2.24, 2.45) is 0 Å². The largest absolute Gasteiger partial charge is 0.456 e. The monoisotopic (exact) mass is 764 g/mol. The Balaban J connectivity index is 1.12. The summed E-state index contributed by atoms with van der Waals surface area (Å²) < 4.78 is 9.53. The number of nitrogens with zero attached hydrogens (tertiary/aromatic N) is 2. The van der Waals surface area contributed by atoms with E-state index in [0.717, 1.165) is 45.0 Å². The molecule has 0 bridgehead atoms. The summed E-state index contributed by atoms with van der Waals surface area (Å²) in [5.41, 5.74) is 18.1. The number of benzene rings is 9. The lowest BCUT2D eigenvalue weighted by Gasteiger charge is -2.31. The first-order valence-electron chi connectivity index (χ1n) is 20.7. The molecule has 0 atom stereocenters. The van der Waals surface area contributed by atoms with Crippen LogP contribution in [-0.4, -0.2) is 4.57 Å². The Morgan fingerprint density at radius 2 is 1.00 bits per heavy atom. The minimum atomic E-state index is -0.559. The summed E-state index contributed by atoms with van der Waals surface area (Å²) in [7, 11) is 0. The maximum Gasteiger partial charge on any atom is 0.142 e. The average molecular weight is 765 g/mol. The molecule has 11 aromatic rings. The van der Waals surface area contributed by atoms with Gasteiger partial charge in [-0.15, -0.1) is 0 Å². The molecular formula is C57H36N2O. The second-order valence-electron chi connectivity index (χ2n) is 16.0. The molecule has 2 aliphatic carbocycles. The van der Waals surface area contributed by atoms with Crippen LogP contribution in [0.15, 0.2) is 223 Å². The summed E-state index contributed by atoms with van der Waals surface area (Å²) in [6.45, 7) is 0. The van der Waals surface area contributed by atoms with Crippen molar-refractivity contribution in [3.8, 4) is 39.3 Å². The van der Waals surface area contributed by atoms with Gasteiger partial charge in [0.05, 0.1) is 22.1 Å². The van der Waals surface area contributed by atoms with Gasteiger partial charge in [0, 0.05) is 44.3 Å². The topological polar surface area (TPSA) is 21.3 Å². The first-order chi connectivity index (χ1) is 29.8. The maximum atomic E-state index is 7.14. The highest BCUT2D eigenvalue weighted by Gasteiger charge is 2.55. The van der Waals surface area contributed by atoms with Crippen LogP contribution in [0.25, 0.3) is 72.0 Å². The fraction of sp³-hybridized carbons (Fsp3) is 0.0175. The van der Waals surface area contributed by atoms with E-state index in [9.17, 15) is 0 Å². The van der Waals surface area contributed by atoms with Gasteiger partial charge in [0.15, 0.2) is 0 Å². The zero-order valence-electron chi connectivity index (χ0n) is 32.6. The third kappa shape index (κ3) is 4.44. The van der Waals surface area contributed by atoms with Crippen LogP contribution in [0.4, 0.5) is 17.1 Å². The molecule has 0 saturated carbocycles. The van der Waals surface area contributed by atoms with Gasteiger partial charge in [0.1, 0.15) is 11.3 Å². The smallest absolute Gasteiger partial charge is 0.142 e. The lowest BCUT2D eigenvalue weighted by molar-refractivity contribution is 0.628. The normalized spacial score (nSPS) is 13.1. The molecule has 0 N–H and O–H groups in total. The maximum absolute atomic E-state index is 7.14. The van der Waals surface area contributed by atoms with Gasteiger partial charge < -0.3 is 13.9 Å². The van der Waals surface area contributed by atoms with Gasteiger partial charge in [-0.3, -0.25) is 0 Å². The standard InChI is InChI=1S/C57H36N2O/c1-3-16-37(17-4-1)38-30-32-40(33-31-38)58(41-34-35-51-46(36-41)44-22-9-13-27-50(44)59(51)39-18-5-2-6-19-39)52-28-15-26-49-54(52)56-55(45-23-10-14-29-53(45)60-56)57(49)47-24-11-7-20-42(47)43-21-8-12-25-48(43)57/h1-36H. The van der Waals surface area contributed by atoms with Crippen molar-refractivity contribution in [2.45, 2.75) is 5.41 Å². The van der Waals surface area contributed by atoms with Crippen LogP contribution in [0.2, 0.25) is 0 Å². The lowest BCUT2D eigenvalue weighted by Crippen LogP contribution is -2.26. The highest BCUT2D eigenvalue weighted by Crippen LogP contribution is 2.66. The lowest BCUT2D eigenvalue weighted by atomic mass is 9.70. The van der Waals surface area contributed by atoms with Crippen LogP contribution in [0.5, 0.6) is 0 Å². The molecule has 2 heterocycles. The number of para-hydroxylation sites is 3. The molecule has 13 rings (SSSR count). The molecule has 60 heavy (non-hydrogen) atoms. The molecule has 0 radical (unpaired) electrons. The second-order valence-corrected chi connectivity index (χ2v) is 16.0. The van der Waals surface area contributed by atoms with Gasteiger partial charge in [-0.2, -0.15) is 0 Å². The van der Waals surface area contributed by atoms with E-state index in [4.69, 9.17) is 4.42 Å². The van der Waals surface area contributed by atoms with Crippen LogP contribution < -0.4 is 4.90 Å². The zero-order valence-corrected chi connectivity index (χ0v) is 32.6. The van der Waals surface area contributed by atoms with Crippen LogP contribution in [0, 0.1) is 0 Å². The van der Waals surface area contributed by atoms with E-state index < -0.39 is 5.41 Å². The molecule has 0 aliphatic heterocycles. The second kappa shape index (κ2) is 12.6. The molecule has 2 aliphatic rings. The van der Waals surface area contributed by atoms with E-state index in [0.29, 0.717) is 0 Å². The first kappa shape index (κ1) is 33.1. The Hall–Kier alpha value is -7.88. The molecular weight excluding hydrogens is 729 g/mol. The number of aromatic nitrogens is 1. The van der Waals surface area contributed by atoms with E-state index in [1.165, 1.54) is 66.3 Å². The third-order valence-electron chi connectivity index (χ3n) is 13.0. The molecule has 3 heteroatoms. The van der Waals surface area contributed by atoms with Crippen LogP contribution in [0.1, 0.15) is 22.3 Å². The summed E-state index contributed by atoms with van der Waals surface area (Å²) >= 11 is 0. The number of hydrogen-bond acceptors (Lipinski definition) is 2. The minimum Gasteiger partial charge on any atom is -0.456 e. The number of furan rings is 1. The van der Waals surface area contributed by atoms with E-state index in [1.54, 1.807) is 0 Å². The fourth-order valence-corrected chi connectivity index (χ4v) is 10.6. The van der Waals surface area contributed by atoms with E-state index in [2.05, 4.69) is 228 Å². The minimum absolute atomic E-state index is 0.559. The van der Waals surface area contributed by atoms with Crippen LogP contribution in [-0.2, 0) is 5.41 Å². The van der Waals surface area contributed by atoms with E-state index >= 15 is 0 Å². The van der Waals surface area contributed by atoms with Gasteiger partial charge in [-0.05, 0) is 99.6 Å². The first-order valence-corrected chi connectivity index (χ1v) is 20.7. The predicted molar refractivity (Wildman–Crippen MR) is 247 cm³/mol. The summed E-state index contributed by atoms with van der Waals surface area (Å²) in [5, 5.41) is 3.56. The quantitative estimate of drug-likeness (QED) is 0.174. The van der Waals surface area contributed by atoms with Crippen molar-refractivity contribution in [1.82, 2.24) is 4.57 Å². The highest BCUT2D eigenvalue weighted by molar-refractivity contribution is 6.11. The van der Waals surface area contributed by atoms with Crippen LogP contribution in [0.3, 0.4) is 0 Å². The van der Waals surface area contributed by atoms with Gasteiger partial charge in [0.2, 0.25) is 0 Å². The Labute approximate surface area is 347 Å². The van der Waals surface area contributed by atoms with E-state index in [-0.39, 0.29) is 0 Å². The average Bonchev–Trinajstić information content (AvgIpc) is 4.03. The Morgan fingerprint density at radius 3 is 1.77 bits per heavy atom. The molecule has 9 aromatic carbocycles.